The first-order valence-electron chi connectivity index (χ1n) is 7.83. The van der Waals surface area contributed by atoms with Crippen molar-refractivity contribution < 1.29 is 14.3 Å². The van der Waals surface area contributed by atoms with Gasteiger partial charge < -0.3 is 10.1 Å². The minimum atomic E-state index is -0.589. The van der Waals surface area contributed by atoms with Gasteiger partial charge in [0, 0.05) is 6.20 Å². The molecule has 25 heavy (non-hydrogen) atoms. The molecular weight excluding hydrogens is 322 g/mol. The molecular formula is C17H21N5O3. The van der Waals surface area contributed by atoms with Crippen LogP contribution in [0.2, 0.25) is 0 Å². The van der Waals surface area contributed by atoms with Crippen molar-refractivity contribution in [2.75, 3.05) is 12.4 Å². The molecule has 0 spiro atoms. The Morgan fingerprint density at radius 2 is 1.92 bits per heavy atom. The highest BCUT2D eigenvalue weighted by Gasteiger charge is 2.21. The summed E-state index contributed by atoms with van der Waals surface area (Å²) < 4.78 is 4.55. The molecule has 0 saturated carbocycles. The van der Waals surface area contributed by atoms with E-state index in [0.717, 1.165) is 11.3 Å². The van der Waals surface area contributed by atoms with Gasteiger partial charge in [-0.25, -0.2) is 9.59 Å². The maximum atomic E-state index is 12.3. The van der Waals surface area contributed by atoms with Gasteiger partial charge >= 0.3 is 12.0 Å². The van der Waals surface area contributed by atoms with Crippen molar-refractivity contribution in [2.24, 2.45) is 5.92 Å². The lowest BCUT2D eigenvalue weighted by atomic mass is 9.97. The Morgan fingerprint density at radius 3 is 2.48 bits per heavy atom. The van der Waals surface area contributed by atoms with Gasteiger partial charge in [0.25, 0.3) is 0 Å². The molecule has 2 rings (SSSR count). The summed E-state index contributed by atoms with van der Waals surface area (Å²) in [6.45, 7) is 5.96. The van der Waals surface area contributed by atoms with Gasteiger partial charge in [-0.15, -0.1) is 10.2 Å². The number of pyridine rings is 1. The third kappa shape index (κ3) is 4.72. The second-order valence-corrected chi connectivity index (χ2v) is 5.82. The Morgan fingerprint density at radius 1 is 1.16 bits per heavy atom. The molecule has 2 aromatic heterocycles. The number of nitrogens with one attached hydrogen (secondary N) is 2. The van der Waals surface area contributed by atoms with Crippen molar-refractivity contribution >= 4 is 17.8 Å². The summed E-state index contributed by atoms with van der Waals surface area (Å²) in [5.74, 6) is -0.216. The number of ether oxygens (including phenoxy) is 1. The molecule has 0 radical (unpaired) electrons. The lowest BCUT2D eigenvalue weighted by molar-refractivity contribution is 0.0593. The normalized spacial score (nSPS) is 11.7. The highest BCUT2D eigenvalue weighted by Crippen LogP contribution is 2.22. The number of esters is 1. The number of aromatic nitrogens is 3. The summed E-state index contributed by atoms with van der Waals surface area (Å²) in [6.07, 6.45) is 1.70. The summed E-state index contributed by atoms with van der Waals surface area (Å²) in [5.41, 5.74) is 1.89. The number of nitrogens with zero attached hydrogens (tertiary/aromatic N) is 3. The van der Waals surface area contributed by atoms with Crippen LogP contribution in [0.5, 0.6) is 0 Å². The molecule has 2 N–H and O–H groups in total. The second kappa shape index (κ2) is 8.18. The van der Waals surface area contributed by atoms with E-state index in [9.17, 15) is 9.59 Å². The van der Waals surface area contributed by atoms with Gasteiger partial charge in [0.15, 0.2) is 11.5 Å². The first-order valence-corrected chi connectivity index (χ1v) is 7.83. The average Bonchev–Trinajstić information content (AvgIpc) is 2.60. The number of hydrogen-bond acceptors (Lipinski definition) is 6. The fourth-order valence-corrected chi connectivity index (χ4v) is 2.28. The summed E-state index contributed by atoms with van der Waals surface area (Å²) in [5, 5.41) is 13.0. The standard InChI is InChI=1S/C17H21N5O3/c1-10(2)14(15-11(3)6-5-9-18-15)20-17(24)19-13-8-7-12(21-22-13)16(23)25-4/h5-10,14H,1-4H3,(H2,19,20,22,24)/t14-/m0/s1. The Bertz CT molecular complexity index is 746. The van der Waals surface area contributed by atoms with Crippen molar-refractivity contribution in [2.45, 2.75) is 26.8 Å². The van der Waals surface area contributed by atoms with Gasteiger partial charge in [0.05, 0.1) is 18.8 Å². The van der Waals surface area contributed by atoms with Crippen LogP contribution in [0.15, 0.2) is 30.5 Å². The second-order valence-electron chi connectivity index (χ2n) is 5.82. The minimum Gasteiger partial charge on any atom is -0.464 e. The zero-order valence-electron chi connectivity index (χ0n) is 14.6. The predicted octanol–water partition coefficient (Wildman–Crippen LogP) is 2.49. The van der Waals surface area contributed by atoms with Gasteiger partial charge in [0.1, 0.15) is 0 Å². The van der Waals surface area contributed by atoms with Crippen molar-refractivity contribution in [1.29, 1.82) is 0 Å². The molecule has 0 fully saturated rings. The monoisotopic (exact) mass is 343 g/mol. The van der Waals surface area contributed by atoms with Gasteiger partial charge in [-0.3, -0.25) is 10.3 Å². The van der Waals surface area contributed by atoms with E-state index < -0.39 is 12.0 Å². The first kappa shape index (κ1) is 18.3. The van der Waals surface area contributed by atoms with Crippen molar-refractivity contribution in [3.63, 3.8) is 0 Å². The molecule has 0 unspecified atom stereocenters. The summed E-state index contributed by atoms with van der Waals surface area (Å²) in [6, 6.07) is 6.04. The SMILES string of the molecule is COC(=O)c1ccc(NC(=O)N[C@H](c2ncccc2C)C(C)C)nn1. The number of carbonyl (C=O) groups excluding carboxylic acids is 2. The topological polar surface area (TPSA) is 106 Å². The Labute approximate surface area is 146 Å². The number of amides is 2. The molecule has 0 aliphatic heterocycles. The molecule has 132 valence electrons. The van der Waals surface area contributed by atoms with Crippen LogP contribution < -0.4 is 10.6 Å². The number of urea groups is 1. The molecule has 2 amide bonds. The minimum absolute atomic E-state index is 0.0672. The van der Waals surface area contributed by atoms with E-state index in [1.165, 1.54) is 19.2 Å². The number of hydrogen-bond donors (Lipinski definition) is 2. The fraction of sp³-hybridized carbons (Fsp3) is 0.353. The molecule has 0 aliphatic rings. The fourth-order valence-electron chi connectivity index (χ4n) is 2.28. The van der Waals surface area contributed by atoms with Gasteiger partial charge in [-0.05, 0) is 36.6 Å². The zero-order valence-corrected chi connectivity index (χ0v) is 14.6. The van der Waals surface area contributed by atoms with Crippen molar-refractivity contribution in [1.82, 2.24) is 20.5 Å². The number of rotatable bonds is 5. The van der Waals surface area contributed by atoms with E-state index in [1.54, 1.807) is 6.20 Å². The zero-order chi connectivity index (χ0) is 18.4. The van der Waals surface area contributed by atoms with Crippen LogP contribution in [-0.4, -0.2) is 34.3 Å². The Kier molecular flexibility index (Phi) is 5.99. The number of anilines is 1. The Hall–Kier alpha value is -3.03. The van der Waals surface area contributed by atoms with E-state index in [2.05, 4.69) is 30.6 Å². The van der Waals surface area contributed by atoms with Crippen LogP contribution in [0.3, 0.4) is 0 Å². The van der Waals surface area contributed by atoms with E-state index in [4.69, 9.17) is 0 Å². The van der Waals surface area contributed by atoms with Gasteiger partial charge in [-0.2, -0.15) is 0 Å². The largest absolute Gasteiger partial charge is 0.464 e. The highest BCUT2D eigenvalue weighted by molar-refractivity contribution is 5.89. The Balaban J connectivity index is 2.07. The van der Waals surface area contributed by atoms with Crippen molar-refractivity contribution in [3.05, 3.63) is 47.4 Å². The quantitative estimate of drug-likeness (QED) is 0.808. The van der Waals surface area contributed by atoms with Crippen LogP contribution in [-0.2, 0) is 4.74 Å². The van der Waals surface area contributed by atoms with Gasteiger partial charge in [-0.1, -0.05) is 19.9 Å². The number of aryl methyl sites for hydroxylation is 1. The summed E-state index contributed by atoms with van der Waals surface area (Å²) in [4.78, 5) is 28.0. The third-order valence-electron chi connectivity index (χ3n) is 3.60. The van der Waals surface area contributed by atoms with E-state index in [-0.39, 0.29) is 23.5 Å². The molecule has 2 heterocycles. The lowest BCUT2D eigenvalue weighted by Crippen LogP contribution is -2.36. The predicted molar refractivity (Wildman–Crippen MR) is 92.1 cm³/mol. The van der Waals surface area contributed by atoms with Crippen LogP contribution >= 0.6 is 0 Å². The van der Waals surface area contributed by atoms with Crippen LogP contribution in [0.1, 0.15) is 41.6 Å². The molecule has 0 aromatic carbocycles. The first-order chi connectivity index (χ1) is 11.9. The molecule has 8 nitrogen and oxygen atoms in total. The van der Waals surface area contributed by atoms with Crippen LogP contribution in [0.25, 0.3) is 0 Å². The maximum Gasteiger partial charge on any atom is 0.358 e. The molecule has 1 atom stereocenters. The summed E-state index contributed by atoms with van der Waals surface area (Å²) >= 11 is 0. The van der Waals surface area contributed by atoms with Crippen LogP contribution in [0, 0.1) is 12.8 Å². The van der Waals surface area contributed by atoms with E-state index in [1.807, 2.05) is 32.9 Å². The molecule has 8 heteroatoms. The van der Waals surface area contributed by atoms with Gasteiger partial charge in [0.2, 0.25) is 0 Å². The van der Waals surface area contributed by atoms with Crippen molar-refractivity contribution in [3.8, 4) is 0 Å². The van der Waals surface area contributed by atoms with Crippen LogP contribution in [0.4, 0.5) is 10.6 Å². The third-order valence-corrected chi connectivity index (χ3v) is 3.60. The average molecular weight is 343 g/mol. The molecule has 0 bridgehead atoms. The van der Waals surface area contributed by atoms with E-state index in [0.29, 0.717) is 0 Å². The molecule has 0 saturated heterocycles. The van der Waals surface area contributed by atoms with E-state index >= 15 is 0 Å². The highest BCUT2D eigenvalue weighted by atomic mass is 16.5. The smallest absolute Gasteiger partial charge is 0.358 e. The maximum absolute atomic E-state index is 12.3. The molecule has 0 aliphatic carbocycles. The summed E-state index contributed by atoms with van der Waals surface area (Å²) in [7, 11) is 1.26. The number of carbonyl (C=O) groups is 2. The molecule has 2 aromatic rings. The lowest BCUT2D eigenvalue weighted by Gasteiger charge is -2.23. The number of methoxy groups -OCH3 is 1.